The summed E-state index contributed by atoms with van der Waals surface area (Å²) in [4.78, 5) is 25.3. The summed E-state index contributed by atoms with van der Waals surface area (Å²) < 4.78 is 4.56. The SMILES string of the molecule is CCCCCCc1ccc(O)cc1O.Cc1cc(C=Cc2ccc3cc(N(C)C)ccc3[n+]2C)c(C)n1-c1ccccc1.O=C(O)c1cc2ccccc2c(Cc2c(O)c(C(=O)O)cc3ccccc23)c1[O-]. The number of rotatable bonds is 13. The molecule has 0 spiro atoms. The number of aromatic nitrogens is 2. The van der Waals surface area contributed by atoms with Crippen molar-refractivity contribution in [2.75, 3.05) is 19.0 Å². The van der Waals surface area contributed by atoms with Crippen molar-refractivity contribution in [1.82, 2.24) is 4.57 Å². The monoisotopic (exact) mass is 963 g/mol. The molecule has 7 aromatic carbocycles. The highest BCUT2D eigenvalue weighted by molar-refractivity contribution is 6.02. The standard InChI is InChI=1S/C26H28N3.C23H16O6.C12H18O2/c1-19-17-21(20(2)29(19)24-9-7-6-8-10-24)11-13-23-14-12-22-18-25(27(3)4)15-16-26(22)28(23)5;24-20-16(14-7-3-1-5-12(14)9-18(20)22(26)27)11-17-15-8-4-2-6-13(15)10-19(21(17)25)23(28)29;1-2-3-4-5-6-10-7-8-11(13)9-12(10)14/h6-18H,1-5H3;1-10,24-25H,11H2,(H,26,27)(H,28,29);7-9,13-14H,2-6H2,1H3/q+1;;/p-1. The highest BCUT2D eigenvalue weighted by atomic mass is 16.4. The molecule has 0 aliphatic carbocycles. The molecule has 11 heteroatoms. The summed E-state index contributed by atoms with van der Waals surface area (Å²) in [6.45, 7) is 6.52. The minimum absolute atomic E-state index is 0.103. The molecule has 0 saturated heterocycles. The quantitative estimate of drug-likeness (QED) is 0.0557. The number of carbonyl (C=O) groups is 2. The number of anilines is 1. The van der Waals surface area contributed by atoms with Crippen molar-refractivity contribution >= 4 is 62.2 Å². The predicted octanol–water partition coefficient (Wildman–Crippen LogP) is 12.3. The van der Waals surface area contributed by atoms with Gasteiger partial charge in [-0.25, -0.2) is 9.59 Å². The molecule has 368 valence electrons. The Morgan fingerprint density at radius 3 is 1.94 bits per heavy atom. The molecule has 0 radical (unpaired) electrons. The Morgan fingerprint density at radius 1 is 0.667 bits per heavy atom. The Balaban J connectivity index is 0.000000169. The Labute approximate surface area is 420 Å². The zero-order chi connectivity index (χ0) is 51.6. The second kappa shape index (κ2) is 22.9. The first-order chi connectivity index (χ1) is 34.6. The van der Waals surface area contributed by atoms with Gasteiger partial charge in [0.25, 0.3) is 0 Å². The van der Waals surface area contributed by atoms with Gasteiger partial charge in [-0.1, -0.05) is 105 Å². The third-order valence-corrected chi connectivity index (χ3v) is 13.0. The Bertz CT molecular complexity index is 3350. The fourth-order valence-corrected chi connectivity index (χ4v) is 9.13. The van der Waals surface area contributed by atoms with Gasteiger partial charge in [0.05, 0.1) is 5.56 Å². The van der Waals surface area contributed by atoms with Crippen LogP contribution in [0.5, 0.6) is 23.0 Å². The van der Waals surface area contributed by atoms with Crippen LogP contribution in [0.3, 0.4) is 0 Å². The molecule has 0 amide bonds. The van der Waals surface area contributed by atoms with Crippen LogP contribution >= 0.6 is 0 Å². The molecule has 2 aromatic heterocycles. The number of phenols is 3. The van der Waals surface area contributed by atoms with Gasteiger partial charge in [0.1, 0.15) is 29.9 Å². The first-order valence-electron chi connectivity index (χ1n) is 24.0. The van der Waals surface area contributed by atoms with Crippen molar-refractivity contribution in [3.8, 4) is 28.7 Å². The number of unbranched alkanes of at least 4 members (excludes halogenated alkanes) is 3. The van der Waals surface area contributed by atoms with Crippen LogP contribution in [0.25, 0.3) is 50.3 Å². The molecule has 0 bridgehead atoms. The van der Waals surface area contributed by atoms with Gasteiger partial charge in [-0.15, -0.1) is 0 Å². The molecule has 0 fully saturated rings. The van der Waals surface area contributed by atoms with E-state index in [1.165, 1.54) is 82.4 Å². The van der Waals surface area contributed by atoms with E-state index in [1.54, 1.807) is 60.7 Å². The van der Waals surface area contributed by atoms with Gasteiger partial charge in [0.2, 0.25) is 11.2 Å². The van der Waals surface area contributed by atoms with Gasteiger partial charge in [0, 0.05) is 78.5 Å². The number of phenolic OH excluding ortho intramolecular Hbond substituents is 2. The van der Waals surface area contributed by atoms with Gasteiger partial charge in [-0.3, -0.25) is 0 Å². The van der Waals surface area contributed by atoms with E-state index in [1.807, 2.05) is 0 Å². The molecule has 72 heavy (non-hydrogen) atoms. The van der Waals surface area contributed by atoms with Crippen LogP contribution in [-0.4, -0.2) is 56.1 Å². The van der Waals surface area contributed by atoms with Crippen LogP contribution in [0.1, 0.15) is 92.7 Å². The highest BCUT2D eigenvalue weighted by Gasteiger charge is 2.20. The minimum Gasteiger partial charge on any atom is -0.872 e. The molecule has 0 aliphatic rings. The lowest BCUT2D eigenvalue weighted by molar-refractivity contribution is -0.646. The number of fused-ring (bicyclic) bond motifs is 3. The number of aryl methyl sites for hydroxylation is 3. The molecule has 11 nitrogen and oxygen atoms in total. The summed E-state index contributed by atoms with van der Waals surface area (Å²) >= 11 is 0. The van der Waals surface area contributed by atoms with E-state index in [4.69, 9.17) is 5.11 Å². The smallest absolute Gasteiger partial charge is 0.339 e. The third kappa shape index (κ3) is 11.5. The number of aromatic carboxylic acids is 2. The lowest BCUT2D eigenvalue weighted by Gasteiger charge is -2.21. The maximum atomic E-state index is 12.9. The summed E-state index contributed by atoms with van der Waals surface area (Å²) in [5.41, 5.74) is 9.33. The van der Waals surface area contributed by atoms with E-state index in [9.17, 15) is 35.1 Å². The van der Waals surface area contributed by atoms with Crippen LogP contribution in [0.15, 0.2) is 146 Å². The molecule has 0 atom stereocenters. The molecule has 2 heterocycles. The van der Waals surface area contributed by atoms with Crippen molar-refractivity contribution in [3.63, 3.8) is 0 Å². The van der Waals surface area contributed by atoms with Crippen LogP contribution < -0.4 is 14.6 Å². The van der Waals surface area contributed by atoms with E-state index in [-0.39, 0.29) is 40.2 Å². The van der Waals surface area contributed by atoms with E-state index in [0.717, 1.165) is 18.4 Å². The molecular formula is C61H61N3O8. The largest absolute Gasteiger partial charge is 0.872 e. The number of para-hydroxylation sites is 1. The number of nitrogens with zero attached hydrogens (tertiary/aromatic N) is 3. The second-order valence-electron chi connectivity index (χ2n) is 18.1. The van der Waals surface area contributed by atoms with Crippen LogP contribution in [0.4, 0.5) is 5.69 Å². The van der Waals surface area contributed by atoms with E-state index >= 15 is 0 Å². The van der Waals surface area contributed by atoms with E-state index < -0.39 is 23.4 Å². The van der Waals surface area contributed by atoms with Gasteiger partial charge < -0.3 is 40.1 Å². The third-order valence-electron chi connectivity index (χ3n) is 13.0. The van der Waals surface area contributed by atoms with E-state index in [2.05, 4.69) is 135 Å². The van der Waals surface area contributed by atoms with Gasteiger partial charge in [-0.05, 0) is 126 Å². The first kappa shape index (κ1) is 51.3. The molecule has 0 aliphatic heterocycles. The fourth-order valence-electron chi connectivity index (χ4n) is 9.13. The first-order valence-corrected chi connectivity index (χ1v) is 24.0. The molecule has 0 saturated carbocycles. The van der Waals surface area contributed by atoms with Crippen molar-refractivity contribution in [1.29, 1.82) is 0 Å². The van der Waals surface area contributed by atoms with Crippen LogP contribution in [-0.2, 0) is 19.9 Å². The average Bonchev–Trinajstić information content (AvgIpc) is 3.66. The number of hydrogen-bond acceptors (Lipinski definition) is 7. The minimum atomic E-state index is -1.34. The Hall–Kier alpha value is -8.57. The molecule has 5 N–H and O–H groups in total. The topological polar surface area (TPSA) is 170 Å². The number of hydrogen-bond donors (Lipinski definition) is 5. The lowest BCUT2D eigenvalue weighted by atomic mass is 9.90. The molecule has 9 rings (SSSR count). The number of pyridine rings is 1. The maximum absolute atomic E-state index is 12.9. The van der Waals surface area contributed by atoms with Crippen LogP contribution in [0.2, 0.25) is 0 Å². The summed E-state index contributed by atoms with van der Waals surface area (Å²) in [6.07, 6.45) is 10.00. The molecule has 0 unspecified atom stereocenters. The van der Waals surface area contributed by atoms with Crippen molar-refractivity contribution in [3.05, 3.63) is 196 Å². The zero-order valence-corrected chi connectivity index (χ0v) is 41.6. The molecular weight excluding hydrogens is 903 g/mol. The number of aromatic hydroxyl groups is 3. The van der Waals surface area contributed by atoms with Gasteiger partial charge in [0.15, 0.2) is 0 Å². The summed E-state index contributed by atoms with van der Waals surface area (Å²) in [5, 5.41) is 64.6. The predicted molar refractivity (Wildman–Crippen MR) is 287 cm³/mol. The van der Waals surface area contributed by atoms with Gasteiger partial charge >= 0.3 is 11.9 Å². The van der Waals surface area contributed by atoms with Crippen LogP contribution in [0, 0.1) is 13.8 Å². The normalized spacial score (nSPS) is 11.1. The second-order valence-corrected chi connectivity index (χ2v) is 18.1. The van der Waals surface area contributed by atoms with Crippen molar-refractivity contribution in [2.45, 2.75) is 59.3 Å². The summed E-state index contributed by atoms with van der Waals surface area (Å²) in [7, 11) is 6.28. The maximum Gasteiger partial charge on any atom is 0.339 e. The van der Waals surface area contributed by atoms with Gasteiger partial charge in [-0.2, -0.15) is 4.57 Å². The van der Waals surface area contributed by atoms with E-state index in [0.29, 0.717) is 21.5 Å². The molecule has 9 aromatic rings. The average molecular weight is 964 g/mol. The Morgan fingerprint density at radius 2 is 1.31 bits per heavy atom. The lowest BCUT2D eigenvalue weighted by Crippen LogP contribution is -2.32. The summed E-state index contributed by atoms with van der Waals surface area (Å²) in [5.74, 6) is -3.38. The number of carboxylic acid groups (broad SMARTS) is 2. The number of benzene rings is 7. The van der Waals surface area contributed by atoms with Crippen molar-refractivity contribution < 1.29 is 44.8 Å². The highest BCUT2D eigenvalue weighted by Crippen LogP contribution is 2.38. The Kier molecular flexibility index (Phi) is 16.3. The zero-order valence-electron chi connectivity index (χ0n) is 41.6. The fraction of sp³-hybridized carbons (Fsp3) is 0.197. The van der Waals surface area contributed by atoms with Crippen molar-refractivity contribution in [2.24, 2.45) is 7.05 Å². The number of carboxylic acids is 2. The summed E-state index contributed by atoms with van der Waals surface area (Å²) in [6, 6.07) is 45.1.